The third-order valence-electron chi connectivity index (χ3n) is 5.05. The number of aliphatic imine (C=N–C) groups is 1. The Hall–Kier alpha value is -1.78. The highest BCUT2D eigenvalue weighted by molar-refractivity contribution is 5.80. The van der Waals surface area contributed by atoms with Gasteiger partial charge in [0, 0.05) is 31.4 Å². The molecule has 2 unspecified atom stereocenters. The van der Waals surface area contributed by atoms with E-state index in [9.17, 15) is 0 Å². The molecule has 23 heavy (non-hydrogen) atoms. The summed E-state index contributed by atoms with van der Waals surface area (Å²) in [6.45, 7) is 5.94. The van der Waals surface area contributed by atoms with Gasteiger partial charge in [0.1, 0.15) is 0 Å². The molecule has 126 valence electrons. The average Bonchev–Trinajstić information content (AvgIpc) is 3.02. The third-order valence-corrected chi connectivity index (χ3v) is 5.05. The SMILES string of the molecule is CCNC(=NCc1cccnc1OC)N1CC2CCCCC2C1. The van der Waals surface area contributed by atoms with Gasteiger partial charge in [-0.1, -0.05) is 18.9 Å². The normalized spacial score (nSPS) is 24.4. The van der Waals surface area contributed by atoms with Crippen molar-refractivity contribution in [1.29, 1.82) is 0 Å². The van der Waals surface area contributed by atoms with Crippen molar-refractivity contribution < 1.29 is 4.74 Å². The standard InChI is InChI=1S/C18H28N4O/c1-3-19-18(21-11-14-9-6-10-20-17(14)23-2)22-12-15-7-4-5-8-16(15)13-22/h6,9-10,15-16H,3-5,7-8,11-13H2,1-2H3,(H,19,21). The lowest BCUT2D eigenvalue weighted by Crippen LogP contribution is -2.40. The Labute approximate surface area is 139 Å². The first-order valence-electron chi connectivity index (χ1n) is 8.83. The Morgan fingerprint density at radius 2 is 2.09 bits per heavy atom. The molecule has 1 aromatic heterocycles. The summed E-state index contributed by atoms with van der Waals surface area (Å²) in [7, 11) is 1.66. The van der Waals surface area contributed by atoms with Gasteiger partial charge >= 0.3 is 0 Å². The predicted molar refractivity (Wildman–Crippen MR) is 92.6 cm³/mol. The second-order valence-corrected chi connectivity index (χ2v) is 6.55. The van der Waals surface area contributed by atoms with E-state index in [4.69, 9.17) is 9.73 Å². The fourth-order valence-electron chi connectivity index (χ4n) is 3.89. The van der Waals surface area contributed by atoms with Crippen molar-refractivity contribution in [3.05, 3.63) is 23.9 Å². The molecule has 2 aliphatic rings. The zero-order chi connectivity index (χ0) is 16.1. The number of rotatable bonds is 4. The average molecular weight is 316 g/mol. The molecule has 0 amide bonds. The molecule has 1 aliphatic carbocycles. The minimum Gasteiger partial charge on any atom is -0.481 e. The number of aromatic nitrogens is 1. The Kier molecular flexibility index (Phi) is 5.36. The van der Waals surface area contributed by atoms with Crippen LogP contribution in [-0.2, 0) is 6.54 Å². The predicted octanol–water partition coefficient (Wildman–Crippen LogP) is 2.68. The zero-order valence-corrected chi connectivity index (χ0v) is 14.3. The summed E-state index contributed by atoms with van der Waals surface area (Å²) in [6, 6.07) is 3.97. The number of methoxy groups -OCH3 is 1. The number of nitrogens with one attached hydrogen (secondary N) is 1. The van der Waals surface area contributed by atoms with Crippen LogP contribution in [0.4, 0.5) is 0 Å². The summed E-state index contributed by atoms with van der Waals surface area (Å²) in [5.74, 6) is 3.43. The van der Waals surface area contributed by atoms with Crippen LogP contribution >= 0.6 is 0 Å². The van der Waals surface area contributed by atoms with Crippen LogP contribution in [0.15, 0.2) is 23.3 Å². The smallest absolute Gasteiger partial charge is 0.218 e. The molecule has 3 rings (SSSR count). The molecular formula is C18H28N4O. The molecule has 5 nitrogen and oxygen atoms in total. The van der Waals surface area contributed by atoms with Gasteiger partial charge in [0.25, 0.3) is 0 Å². The quantitative estimate of drug-likeness (QED) is 0.685. The fraction of sp³-hybridized carbons (Fsp3) is 0.667. The van der Waals surface area contributed by atoms with Crippen LogP contribution in [0.2, 0.25) is 0 Å². The van der Waals surface area contributed by atoms with Gasteiger partial charge in [0.05, 0.1) is 13.7 Å². The van der Waals surface area contributed by atoms with E-state index in [2.05, 4.69) is 22.1 Å². The molecule has 2 fully saturated rings. The van der Waals surface area contributed by atoms with Gasteiger partial charge in [-0.05, 0) is 37.7 Å². The van der Waals surface area contributed by atoms with Crippen LogP contribution < -0.4 is 10.1 Å². The van der Waals surface area contributed by atoms with Crippen molar-refractivity contribution >= 4 is 5.96 Å². The van der Waals surface area contributed by atoms with E-state index < -0.39 is 0 Å². The molecule has 1 N–H and O–H groups in total. The van der Waals surface area contributed by atoms with Crippen LogP contribution in [0.5, 0.6) is 5.88 Å². The molecule has 0 radical (unpaired) electrons. The van der Waals surface area contributed by atoms with E-state index in [1.807, 2.05) is 12.1 Å². The molecule has 2 atom stereocenters. The van der Waals surface area contributed by atoms with Crippen molar-refractivity contribution in [3.63, 3.8) is 0 Å². The Morgan fingerprint density at radius 1 is 1.35 bits per heavy atom. The Bertz CT molecular complexity index is 532. The third kappa shape index (κ3) is 3.77. The summed E-state index contributed by atoms with van der Waals surface area (Å²) in [6.07, 6.45) is 7.32. The molecule has 1 saturated carbocycles. The Balaban J connectivity index is 1.71. The fourth-order valence-corrected chi connectivity index (χ4v) is 3.89. The number of ether oxygens (including phenoxy) is 1. The van der Waals surface area contributed by atoms with Gasteiger partial charge in [-0.2, -0.15) is 0 Å². The van der Waals surface area contributed by atoms with E-state index in [0.717, 1.165) is 43.0 Å². The maximum absolute atomic E-state index is 5.33. The van der Waals surface area contributed by atoms with E-state index in [1.54, 1.807) is 13.3 Å². The highest BCUT2D eigenvalue weighted by Gasteiger charge is 2.35. The van der Waals surface area contributed by atoms with Crippen LogP contribution in [0.1, 0.15) is 38.2 Å². The van der Waals surface area contributed by atoms with Crippen molar-refractivity contribution in [1.82, 2.24) is 15.2 Å². The monoisotopic (exact) mass is 316 g/mol. The number of nitrogens with zero attached hydrogens (tertiary/aromatic N) is 3. The number of pyridine rings is 1. The number of hydrogen-bond acceptors (Lipinski definition) is 3. The van der Waals surface area contributed by atoms with Gasteiger partial charge in [-0.3, -0.25) is 0 Å². The number of likely N-dealkylation sites (tertiary alicyclic amines) is 1. The second kappa shape index (κ2) is 7.66. The highest BCUT2D eigenvalue weighted by Crippen LogP contribution is 2.36. The highest BCUT2D eigenvalue weighted by atomic mass is 16.5. The number of hydrogen-bond donors (Lipinski definition) is 1. The topological polar surface area (TPSA) is 49.8 Å². The number of fused-ring (bicyclic) bond motifs is 1. The maximum atomic E-state index is 5.33. The molecule has 5 heteroatoms. The summed E-state index contributed by atoms with van der Waals surface area (Å²) < 4.78 is 5.33. The van der Waals surface area contributed by atoms with Crippen LogP contribution in [0.3, 0.4) is 0 Å². The van der Waals surface area contributed by atoms with Crippen molar-refractivity contribution in [2.75, 3.05) is 26.7 Å². The van der Waals surface area contributed by atoms with Gasteiger partial charge in [0.15, 0.2) is 5.96 Å². The summed E-state index contributed by atoms with van der Waals surface area (Å²) in [5.41, 5.74) is 1.03. The lowest BCUT2D eigenvalue weighted by Gasteiger charge is -2.22. The maximum Gasteiger partial charge on any atom is 0.218 e. The number of guanidine groups is 1. The zero-order valence-electron chi connectivity index (χ0n) is 14.3. The molecule has 1 saturated heterocycles. The first-order chi connectivity index (χ1) is 11.3. The van der Waals surface area contributed by atoms with Gasteiger partial charge < -0.3 is 15.0 Å². The van der Waals surface area contributed by atoms with Gasteiger partial charge in [-0.25, -0.2) is 9.98 Å². The van der Waals surface area contributed by atoms with Crippen LogP contribution in [0.25, 0.3) is 0 Å². The molecule has 0 spiro atoms. The summed E-state index contributed by atoms with van der Waals surface area (Å²) in [5, 5.41) is 3.46. The molecule has 1 aromatic rings. The second-order valence-electron chi connectivity index (χ2n) is 6.55. The molecule has 2 heterocycles. The van der Waals surface area contributed by atoms with E-state index >= 15 is 0 Å². The van der Waals surface area contributed by atoms with E-state index in [0.29, 0.717) is 12.4 Å². The van der Waals surface area contributed by atoms with Gasteiger partial charge in [0.2, 0.25) is 5.88 Å². The van der Waals surface area contributed by atoms with E-state index in [-0.39, 0.29) is 0 Å². The summed E-state index contributed by atoms with van der Waals surface area (Å²) in [4.78, 5) is 11.5. The molecule has 0 bridgehead atoms. The van der Waals surface area contributed by atoms with Crippen molar-refractivity contribution in [2.24, 2.45) is 16.8 Å². The molecular weight excluding hydrogens is 288 g/mol. The largest absolute Gasteiger partial charge is 0.481 e. The van der Waals surface area contributed by atoms with Crippen molar-refractivity contribution in [3.8, 4) is 5.88 Å². The summed E-state index contributed by atoms with van der Waals surface area (Å²) >= 11 is 0. The van der Waals surface area contributed by atoms with Gasteiger partial charge in [-0.15, -0.1) is 0 Å². The lowest BCUT2D eigenvalue weighted by molar-refractivity contribution is 0.299. The first-order valence-corrected chi connectivity index (χ1v) is 8.83. The minimum atomic E-state index is 0.602. The Morgan fingerprint density at radius 3 is 2.74 bits per heavy atom. The first kappa shape index (κ1) is 16.1. The lowest BCUT2D eigenvalue weighted by atomic mass is 9.82. The van der Waals surface area contributed by atoms with Crippen molar-refractivity contribution in [2.45, 2.75) is 39.2 Å². The van der Waals surface area contributed by atoms with Crippen LogP contribution in [0, 0.1) is 11.8 Å². The molecule has 1 aliphatic heterocycles. The molecule has 0 aromatic carbocycles. The minimum absolute atomic E-state index is 0.602. The van der Waals surface area contributed by atoms with Crippen LogP contribution in [-0.4, -0.2) is 42.6 Å². The van der Waals surface area contributed by atoms with E-state index in [1.165, 1.54) is 25.7 Å².